The third-order valence-electron chi connectivity index (χ3n) is 7.10. The van der Waals surface area contributed by atoms with Gasteiger partial charge in [0.25, 0.3) is 0 Å². The Morgan fingerprint density at radius 3 is 1.71 bits per heavy atom. The summed E-state index contributed by atoms with van der Waals surface area (Å²) in [6.45, 7) is 4.44. The molecule has 0 heterocycles. The standard InChI is InChI=1S/C25H26F6O2S2/c1-16-11-17-13-22(2,18-3-7-20(8-4-18)32-34-24(26,27)28)15-23(12-16,14-17)19-5-9-21(10-6-19)33-35-25(29,30)31/h3-10,16-17H,11-15H2,1-2H3. The number of halogens is 6. The van der Waals surface area contributed by atoms with E-state index in [1.54, 1.807) is 24.3 Å². The van der Waals surface area contributed by atoms with Gasteiger partial charge in [0.1, 0.15) is 11.5 Å². The van der Waals surface area contributed by atoms with Crippen LogP contribution in [0.25, 0.3) is 0 Å². The Morgan fingerprint density at radius 1 is 0.743 bits per heavy atom. The van der Waals surface area contributed by atoms with Crippen LogP contribution in [0.5, 0.6) is 11.5 Å². The van der Waals surface area contributed by atoms with Crippen LogP contribution in [0.3, 0.4) is 0 Å². The van der Waals surface area contributed by atoms with Crippen molar-refractivity contribution in [1.29, 1.82) is 0 Å². The lowest BCUT2D eigenvalue weighted by Crippen LogP contribution is -2.48. The van der Waals surface area contributed by atoms with E-state index >= 15 is 0 Å². The summed E-state index contributed by atoms with van der Waals surface area (Å²) in [7, 11) is 0. The van der Waals surface area contributed by atoms with Crippen molar-refractivity contribution in [2.75, 3.05) is 0 Å². The number of benzene rings is 2. The first-order chi connectivity index (χ1) is 16.3. The summed E-state index contributed by atoms with van der Waals surface area (Å²) in [5.41, 5.74) is -7.13. The molecule has 4 unspecified atom stereocenters. The molecule has 2 aromatic carbocycles. The van der Waals surface area contributed by atoms with Crippen molar-refractivity contribution in [3.05, 3.63) is 59.7 Å². The molecule has 2 bridgehead atoms. The molecule has 2 aliphatic carbocycles. The van der Waals surface area contributed by atoms with Gasteiger partial charge in [0.2, 0.25) is 0 Å². The van der Waals surface area contributed by atoms with Gasteiger partial charge in [-0.2, -0.15) is 26.3 Å². The van der Waals surface area contributed by atoms with Gasteiger partial charge in [0, 0.05) is 0 Å². The highest BCUT2D eigenvalue weighted by Crippen LogP contribution is 2.58. The molecule has 0 aromatic heterocycles. The van der Waals surface area contributed by atoms with Crippen LogP contribution in [0, 0.1) is 11.8 Å². The molecule has 2 nitrogen and oxygen atoms in total. The largest absolute Gasteiger partial charge is 0.479 e. The van der Waals surface area contributed by atoms with Crippen LogP contribution in [0.4, 0.5) is 26.3 Å². The second-order valence-electron chi connectivity index (χ2n) is 10.1. The van der Waals surface area contributed by atoms with Crippen LogP contribution in [-0.4, -0.2) is 11.0 Å². The second-order valence-corrected chi connectivity index (χ2v) is 11.7. The van der Waals surface area contributed by atoms with Gasteiger partial charge in [-0.15, -0.1) is 0 Å². The van der Waals surface area contributed by atoms with E-state index in [2.05, 4.69) is 13.8 Å². The monoisotopic (exact) mass is 536 g/mol. The van der Waals surface area contributed by atoms with E-state index in [1.165, 1.54) is 0 Å². The van der Waals surface area contributed by atoms with E-state index in [0.717, 1.165) is 43.2 Å². The fourth-order valence-corrected chi connectivity index (χ4v) is 6.92. The molecule has 192 valence electrons. The van der Waals surface area contributed by atoms with Crippen LogP contribution in [0.2, 0.25) is 0 Å². The summed E-state index contributed by atoms with van der Waals surface area (Å²) < 4.78 is 84.3. The van der Waals surface area contributed by atoms with E-state index < -0.39 is 35.1 Å². The zero-order valence-corrected chi connectivity index (χ0v) is 20.8. The van der Waals surface area contributed by atoms with Crippen molar-refractivity contribution < 1.29 is 34.7 Å². The van der Waals surface area contributed by atoms with Crippen molar-refractivity contribution >= 4 is 24.1 Å². The summed E-state index contributed by atoms with van der Waals surface area (Å²) in [5.74, 6) is 1.29. The normalized spacial score (nSPS) is 29.0. The third kappa shape index (κ3) is 6.56. The van der Waals surface area contributed by atoms with Gasteiger partial charge >= 0.3 is 11.0 Å². The van der Waals surface area contributed by atoms with Crippen molar-refractivity contribution in [2.45, 2.75) is 67.8 Å². The molecule has 10 heteroatoms. The summed E-state index contributed by atoms with van der Waals surface area (Å²) in [5, 5.41) is 0. The molecule has 0 N–H and O–H groups in total. The molecule has 4 rings (SSSR count). The Kier molecular flexibility index (Phi) is 7.27. The van der Waals surface area contributed by atoms with E-state index in [1.807, 2.05) is 24.3 Å². The molecule has 0 spiro atoms. The fourth-order valence-electron chi connectivity index (χ4n) is 6.32. The smallest absolute Gasteiger partial charge is 0.417 e. The molecule has 0 radical (unpaired) electrons. The molecular formula is C25H26F6O2S2. The van der Waals surface area contributed by atoms with E-state index in [4.69, 9.17) is 8.37 Å². The minimum Gasteiger partial charge on any atom is -0.417 e. The molecule has 0 amide bonds. The maximum absolute atomic E-state index is 12.5. The zero-order chi connectivity index (χ0) is 25.5. The van der Waals surface area contributed by atoms with Crippen molar-refractivity contribution in [3.63, 3.8) is 0 Å². The highest BCUT2D eigenvalue weighted by molar-refractivity contribution is 7.96. The minimum absolute atomic E-state index is 0.133. The number of alkyl halides is 6. The Balaban J connectivity index is 1.56. The number of hydrogen-bond donors (Lipinski definition) is 0. The van der Waals surface area contributed by atoms with E-state index in [9.17, 15) is 26.3 Å². The predicted octanol–water partition coefficient (Wildman–Crippen LogP) is 9.21. The summed E-state index contributed by atoms with van der Waals surface area (Å²) in [6, 6.07) is 13.8. The van der Waals surface area contributed by atoms with Crippen molar-refractivity contribution in [1.82, 2.24) is 0 Å². The van der Waals surface area contributed by atoms with Gasteiger partial charge in [-0.05, 0) is 90.2 Å². The molecule has 2 aliphatic rings. The second kappa shape index (κ2) is 9.65. The summed E-state index contributed by atoms with van der Waals surface area (Å²) in [6.07, 6.45) is 4.90. The van der Waals surface area contributed by atoms with Crippen molar-refractivity contribution in [3.8, 4) is 11.5 Å². The topological polar surface area (TPSA) is 18.5 Å². The fraction of sp³-hybridized carbons (Fsp3) is 0.520. The van der Waals surface area contributed by atoms with Crippen LogP contribution in [0.1, 0.15) is 57.1 Å². The minimum atomic E-state index is -4.47. The van der Waals surface area contributed by atoms with Crippen LogP contribution >= 0.6 is 24.1 Å². The van der Waals surface area contributed by atoms with E-state index in [-0.39, 0.29) is 22.3 Å². The highest BCUT2D eigenvalue weighted by atomic mass is 32.2. The Bertz CT molecular complexity index is 1000. The number of rotatable bonds is 6. The van der Waals surface area contributed by atoms with Crippen LogP contribution < -0.4 is 8.37 Å². The summed E-state index contributed by atoms with van der Waals surface area (Å²) in [4.78, 5) is 0. The van der Waals surface area contributed by atoms with Crippen LogP contribution in [-0.2, 0) is 10.8 Å². The first-order valence-corrected chi connectivity index (χ1v) is 12.8. The van der Waals surface area contributed by atoms with Gasteiger partial charge in [0.15, 0.2) is 24.1 Å². The first kappa shape index (κ1) is 26.4. The average molecular weight is 537 g/mol. The predicted molar refractivity (Wildman–Crippen MR) is 126 cm³/mol. The van der Waals surface area contributed by atoms with Crippen LogP contribution in [0.15, 0.2) is 48.5 Å². The average Bonchev–Trinajstić information content (AvgIpc) is 2.75. The number of hydrogen-bond acceptors (Lipinski definition) is 4. The number of fused-ring (bicyclic) bond motifs is 2. The molecule has 2 saturated carbocycles. The first-order valence-electron chi connectivity index (χ1n) is 11.3. The van der Waals surface area contributed by atoms with E-state index in [0.29, 0.717) is 11.8 Å². The molecule has 0 saturated heterocycles. The molecule has 35 heavy (non-hydrogen) atoms. The Hall–Kier alpha value is -1.68. The van der Waals surface area contributed by atoms with Crippen molar-refractivity contribution in [2.24, 2.45) is 11.8 Å². The molecule has 0 aliphatic heterocycles. The summed E-state index contributed by atoms with van der Waals surface area (Å²) >= 11 is -1.06. The molecule has 2 fully saturated rings. The highest BCUT2D eigenvalue weighted by Gasteiger charge is 2.51. The maximum atomic E-state index is 12.5. The third-order valence-corrected chi connectivity index (χ3v) is 8.03. The van der Waals surface area contributed by atoms with Gasteiger partial charge in [-0.1, -0.05) is 38.1 Å². The van der Waals surface area contributed by atoms with Gasteiger partial charge < -0.3 is 8.37 Å². The van der Waals surface area contributed by atoms with Gasteiger partial charge in [-0.25, -0.2) is 0 Å². The lowest BCUT2D eigenvalue weighted by molar-refractivity contribution is -0.0377. The maximum Gasteiger partial charge on any atom is 0.479 e. The Morgan fingerprint density at radius 2 is 1.23 bits per heavy atom. The lowest BCUT2D eigenvalue weighted by Gasteiger charge is -2.55. The Labute approximate surface area is 209 Å². The SMILES string of the molecule is CC1CC2CC(C)(c3ccc(OSC(F)(F)F)cc3)CC(c3ccc(OSC(F)(F)F)cc3)(C1)C2. The molecule has 4 atom stereocenters. The zero-order valence-electron chi connectivity index (χ0n) is 19.2. The molecular weight excluding hydrogens is 510 g/mol. The quantitative estimate of drug-likeness (QED) is 0.270. The van der Waals surface area contributed by atoms with Gasteiger partial charge in [-0.3, -0.25) is 0 Å². The van der Waals surface area contributed by atoms with Gasteiger partial charge in [0.05, 0.1) is 0 Å². The molecule has 2 aromatic rings. The lowest BCUT2D eigenvalue weighted by atomic mass is 9.49.